The van der Waals surface area contributed by atoms with Gasteiger partial charge in [-0.1, -0.05) is 30.0 Å². The number of nitrogens with one attached hydrogen (secondary N) is 1. The molecule has 1 amide bonds. The number of aryl methyl sites for hydroxylation is 2. The lowest BCUT2D eigenvalue weighted by atomic mass is 10.3. The van der Waals surface area contributed by atoms with Crippen LogP contribution in [0.25, 0.3) is 11.0 Å². The maximum Gasteiger partial charge on any atom is 0.277 e. The van der Waals surface area contributed by atoms with Crippen LogP contribution in [0.15, 0.2) is 58.3 Å². The summed E-state index contributed by atoms with van der Waals surface area (Å²) >= 11 is 1.28. The van der Waals surface area contributed by atoms with Crippen LogP contribution in [0.5, 0.6) is 0 Å². The highest BCUT2D eigenvalue weighted by Crippen LogP contribution is 2.19. The number of nitrogens with zero attached hydrogens (tertiary/aromatic N) is 6. The van der Waals surface area contributed by atoms with Gasteiger partial charge < -0.3 is 19.2 Å². The molecule has 0 radical (unpaired) electrons. The average Bonchev–Trinajstić information content (AvgIpc) is 3.48. The van der Waals surface area contributed by atoms with Crippen molar-refractivity contribution in [2.75, 3.05) is 36.8 Å². The van der Waals surface area contributed by atoms with Crippen molar-refractivity contribution in [3.8, 4) is 0 Å². The predicted molar refractivity (Wildman–Crippen MR) is 122 cm³/mol. The van der Waals surface area contributed by atoms with Crippen LogP contribution in [0.1, 0.15) is 11.7 Å². The van der Waals surface area contributed by atoms with Gasteiger partial charge in [0.05, 0.1) is 16.8 Å². The molecule has 3 aromatic heterocycles. The summed E-state index contributed by atoms with van der Waals surface area (Å²) < 4.78 is 5.70. The molecule has 5 rings (SSSR count). The highest BCUT2D eigenvalue weighted by molar-refractivity contribution is 7.99. The molecular weight excluding hydrogens is 426 g/mol. The fourth-order valence-corrected chi connectivity index (χ4v) is 4.37. The minimum atomic E-state index is 0.0812. The molecule has 0 saturated carbocycles. The summed E-state index contributed by atoms with van der Waals surface area (Å²) in [4.78, 5) is 28.9. The fourth-order valence-electron chi connectivity index (χ4n) is 3.69. The first-order chi connectivity index (χ1) is 15.7. The van der Waals surface area contributed by atoms with E-state index < -0.39 is 0 Å². The third kappa shape index (κ3) is 4.75. The molecule has 4 heterocycles. The first kappa shape index (κ1) is 20.5. The number of hydrogen-bond acceptors (Lipinski definition) is 8. The van der Waals surface area contributed by atoms with Crippen molar-refractivity contribution in [3.63, 3.8) is 0 Å². The molecule has 0 spiro atoms. The molecule has 0 unspecified atom stereocenters. The van der Waals surface area contributed by atoms with Gasteiger partial charge in [-0.25, -0.2) is 9.97 Å². The number of aromatic nitrogens is 5. The standard InChI is InChI=1S/C22H23N7O2S/c30-21(29-13-11-28(12-14-29)19-7-3-4-10-23-19)15-32-22-27-26-20(31-22)9-8-18-24-16-5-1-2-6-17(16)25-18/h1-7,10H,8-9,11-15H2,(H,24,25). The van der Waals surface area contributed by atoms with E-state index in [1.165, 1.54) is 11.8 Å². The quantitative estimate of drug-likeness (QED) is 0.429. The molecular formula is C22H23N7O2S. The SMILES string of the molecule is O=C(CSc1nnc(CCc2nc3ccccc3[nH]2)o1)N1CCN(c2ccccn2)CC1. The summed E-state index contributed by atoms with van der Waals surface area (Å²) in [5, 5.41) is 8.59. The number of H-pyrrole nitrogens is 1. The first-order valence-electron chi connectivity index (χ1n) is 10.6. The van der Waals surface area contributed by atoms with E-state index in [0.717, 1.165) is 35.8 Å². The van der Waals surface area contributed by atoms with E-state index in [0.29, 0.717) is 37.0 Å². The Morgan fingerprint density at radius 1 is 1.03 bits per heavy atom. The van der Waals surface area contributed by atoms with E-state index in [1.54, 1.807) is 6.20 Å². The minimum absolute atomic E-state index is 0.0812. The van der Waals surface area contributed by atoms with Crippen LogP contribution in [-0.4, -0.2) is 67.9 Å². The summed E-state index contributed by atoms with van der Waals surface area (Å²) in [7, 11) is 0. The number of pyridine rings is 1. The normalized spacial score (nSPS) is 14.2. The molecule has 1 aliphatic rings. The molecule has 0 atom stereocenters. The molecule has 10 heteroatoms. The number of piperazine rings is 1. The Kier molecular flexibility index (Phi) is 6.02. The lowest BCUT2D eigenvalue weighted by Crippen LogP contribution is -2.49. The van der Waals surface area contributed by atoms with Crippen LogP contribution in [0, 0.1) is 0 Å². The topological polar surface area (TPSA) is 104 Å². The van der Waals surface area contributed by atoms with Gasteiger partial charge in [0.25, 0.3) is 5.22 Å². The molecule has 4 aromatic rings. The summed E-state index contributed by atoms with van der Waals surface area (Å²) in [5.41, 5.74) is 1.97. The van der Waals surface area contributed by atoms with Crippen molar-refractivity contribution in [1.29, 1.82) is 0 Å². The van der Waals surface area contributed by atoms with Crippen LogP contribution in [0.2, 0.25) is 0 Å². The van der Waals surface area contributed by atoms with Crippen LogP contribution in [0.3, 0.4) is 0 Å². The molecule has 0 bridgehead atoms. The number of carbonyl (C=O) groups excluding carboxylic acids is 1. The van der Waals surface area contributed by atoms with Gasteiger partial charge in [0.15, 0.2) is 0 Å². The Balaban J connectivity index is 1.08. The van der Waals surface area contributed by atoms with Crippen molar-refractivity contribution >= 4 is 34.5 Å². The smallest absolute Gasteiger partial charge is 0.277 e. The summed E-state index contributed by atoms with van der Waals surface area (Å²) in [5.74, 6) is 2.75. The van der Waals surface area contributed by atoms with E-state index in [9.17, 15) is 4.79 Å². The van der Waals surface area contributed by atoms with Gasteiger partial charge in [0, 0.05) is 45.2 Å². The first-order valence-corrected chi connectivity index (χ1v) is 11.6. The average molecular weight is 450 g/mol. The number of benzene rings is 1. The Morgan fingerprint density at radius 2 is 1.88 bits per heavy atom. The highest BCUT2D eigenvalue weighted by Gasteiger charge is 2.22. The Labute approximate surface area is 189 Å². The van der Waals surface area contributed by atoms with Gasteiger partial charge in [-0.15, -0.1) is 10.2 Å². The van der Waals surface area contributed by atoms with Gasteiger partial charge in [-0.2, -0.15) is 0 Å². The molecule has 1 N–H and O–H groups in total. The molecule has 1 fully saturated rings. The second-order valence-corrected chi connectivity index (χ2v) is 8.43. The van der Waals surface area contributed by atoms with E-state index in [2.05, 4.69) is 30.0 Å². The van der Waals surface area contributed by atoms with Gasteiger partial charge >= 0.3 is 0 Å². The van der Waals surface area contributed by atoms with E-state index >= 15 is 0 Å². The number of anilines is 1. The van der Waals surface area contributed by atoms with Crippen molar-refractivity contribution in [2.24, 2.45) is 0 Å². The van der Waals surface area contributed by atoms with Crippen molar-refractivity contribution < 1.29 is 9.21 Å². The lowest BCUT2D eigenvalue weighted by molar-refractivity contribution is -0.128. The number of para-hydroxylation sites is 2. The monoisotopic (exact) mass is 449 g/mol. The number of aromatic amines is 1. The Hall–Kier alpha value is -3.40. The van der Waals surface area contributed by atoms with Gasteiger partial charge in [0.1, 0.15) is 11.6 Å². The van der Waals surface area contributed by atoms with Crippen molar-refractivity contribution in [2.45, 2.75) is 18.1 Å². The molecule has 0 aliphatic carbocycles. The Bertz CT molecular complexity index is 1150. The number of imidazole rings is 1. The van der Waals surface area contributed by atoms with Gasteiger partial charge in [-0.3, -0.25) is 4.79 Å². The number of carbonyl (C=O) groups is 1. The number of thioether (sulfide) groups is 1. The second-order valence-electron chi connectivity index (χ2n) is 7.51. The molecule has 1 aliphatic heterocycles. The van der Waals surface area contributed by atoms with Gasteiger partial charge in [0.2, 0.25) is 11.8 Å². The van der Waals surface area contributed by atoms with Crippen LogP contribution in [0.4, 0.5) is 5.82 Å². The summed E-state index contributed by atoms with van der Waals surface area (Å²) in [6.45, 7) is 2.92. The summed E-state index contributed by atoms with van der Waals surface area (Å²) in [6, 6.07) is 13.8. The zero-order chi connectivity index (χ0) is 21.8. The maximum absolute atomic E-state index is 12.6. The van der Waals surface area contributed by atoms with Crippen molar-refractivity contribution in [1.82, 2.24) is 30.0 Å². The van der Waals surface area contributed by atoms with Crippen LogP contribution < -0.4 is 4.90 Å². The number of hydrogen-bond donors (Lipinski definition) is 1. The number of rotatable bonds is 7. The molecule has 1 saturated heterocycles. The third-order valence-electron chi connectivity index (χ3n) is 5.39. The minimum Gasteiger partial charge on any atom is -0.416 e. The predicted octanol–water partition coefficient (Wildman–Crippen LogP) is 2.57. The molecule has 164 valence electrons. The van der Waals surface area contributed by atoms with Gasteiger partial charge in [-0.05, 0) is 24.3 Å². The zero-order valence-corrected chi connectivity index (χ0v) is 18.3. The molecule has 9 nitrogen and oxygen atoms in total. The summed E-state index contributed by atoms with van der Waals surface area (Å²) in [6.07, 6.45) is 3.07. The van der Waals surface area contributed by atoms with Crippen LogP contribution >= 0.6 is 11.8 Å². The molecule has 1 aromatic carbocycles. The lowest BCUT2D eigenvalue weighted by Gasteiger charge is -2.35. The Morgan fingerprint density at radius 3 is 2.69 bits per heavy atom. The zero-order valence-electron chi connectivity index (χ0n) is 17.5. The van der Waals surface area contributed by atoms with Crippen LogP contribution in [-0.2, 0) is 17.6 Å². The van der Waals surface area contributed by atoms with E-state index in [1.807, 2.05) is 47.4 Å². The fraction of sp³-hybridized carbons (Fsp3) is 0.318. The maximum atomic E-state index is 12.6. The second kappa shape index (κ2) is 9.39. The molecule has 32 heavy (non-hydrogen) atoms. The van der Waals surface area contributed by atoms with E-state index in [4.69, 9.17) is 4.42 Å². The largest absolute Gasteiger partial charge is 0.416 e. The highest BCUT2D eigenvalue weighted by atomic mass is 32.2. The third-order valence-corrected chi connectivity index (χ3v) is 6.19. The number of amides is 1. The number of fused-ring (bicyclic) bond motifs is 1. The van der Waals surface area contributed by atoms with Crippen molar-refractivity contribution in [3.05, 3.63) is 60.4 Å². The van der Waals surface area contributed by atoms with E-state index in [-0.39, 0.29) is 11.7 Å².